The average molecular weight is 292 g/mol. The Balaban J connectivity index is 2.09. The van der Waals surface area contributed by atoms with Gasteiger partial charge in [-0.05, 0) is 24.6 Å². The Bertz CT molecular complexity index is 539. The zero-order valence-electron chi connectivity index (χ0n) is 11.1. The quantitative estimate of drug-likeness (QED) is 0.817. The summed E-state index contributed by atoms with van der Waals surface area (Å²) in [4.78, 5) is 1.08. The van der Waals surface area contributed by atoms with Crippen molar-refractivity contribution in [2.24, 2.45) is 5.73 Å². The maximum atomic E-state index is 6.32. The Morgan fingerprint density at radius 3 is 2.32 bits per heavy atom. The van der Waals surface area contributed by atoms with Gasteiger partial charge in [0.1, 0.15) is 0 Å². The number of hydrogen-bond donors (Lipinski definition) is 1. The van der Waals surface area contributed by atoms with Crippen LogP contribution in [0.15, 0.2) is 53.4 Å². The fraction of sp³-hybridized carbons (Fsp3) is 0.250. The van der Waals surface area contributed by atoms with Crippen LogP contribution in [-0.2, 0) is 0 Å². The molecule has 0 aliphatic heterocycles. The van der Waals surface area contributed by atoms with Crippen molar-refractivity contribution in [2.45, 2.75) is 30.0 Å². The van der Waals surface area contributed by atoms with Crippen molar-refractivity contribution in [1.29, 1.82) is 0 Å². The highest BCUT2D eigenvalue weighted by Crippen LogP contribution is 2.34. The summed E-state index contributed by atoms with van der Waals surface area (Å²) in [5.41, 5.74) is 8.74. The fourth-order valence-corrected chi connectivity index (χ4v) is 3.18. The van der Waals surface area contributed by atoms with Gasteiger partial charge in [0.25, 0.3) is 0 Å². The molecule has 3 heteroatoms. The number of thioether (sulfide) groups is 1. The van der Waals surface area contributed by atoms with E-state index >= 15 is 0 Å². The third-order valence-corrected chi connectivity index (χ3v) is 4.83. The standard InChI is InChI=1S/C16H18ClNS/c1-11-7-9-13(10-8-11)16(18)12(2)19-15-6-4-3-5-14(15)17/h3-10,12,16H,18H2,1-2H3. The molecule has 0 fully saturated rings. The Labute approximate surface area is 124 Å². The van der Waals surface area contributed by atoms with Crippen LogP contribution in [0.1, 0.15) is 24.1 Å². The largest absolute Gasteiger partial charge is 0.323 e. The van der Waals surface area contributed by atoms with Crippen LogP contribution in [0.4, 0.5) is 0 Å². The van der Waals surface area contributed by atoms with Crippen LogP contribution in [0.5, 0.6) is 0 Å². The van der Waals surface area contributed by atoms with Crippen molar-refractivity contribution < 1.29 is 0 Å². The lowest BCUT2D eigenvalue weighted by Gasteiger charge is -2.20. The van der Waals surface area contributed by atoms with Crippen LogP contribution in [0.3, 0.4) is 0 Å². The highest BCUT2D eigenvalue weighted by Gasteiger charge is 2.17. The van der Waals surface area contributed by atoms with E-state index < -0.39 is 0 Å². The molecule has 1 nitrogen and oxygen atoms in total. The zero-order valence-corrected chi connectivity index (χ0v) is 12.7. The molecule has 0 amide bonds. The van der Waals surface area contributed by atoms with Crippen LogP contribution in [0.2, 0.25) is 5.02 Å². The molecule has 0 saturated carbocycles. The van der Waals surface area contributed by atoms with Crippen molar-refractivity contribution in [3.05, 3.63) is 64.7 Å². The maximum Gasteiger partial charge on any atom is 0.0541 e. The van der Waals surface area contributed by atoms with Crippen molar-refractivity contribution in [1.82, 2.24) is 0 Å². The number of halogens is 1. The summed E-state index contributed by atoms with van der Waals surface area (Å²) in [6.45, 7) is 4.22. The molecule has 0 spiro atoms. The second-order valence-corrected chi connectivity index (χ2v) is 6.52. The van der Waals surface area contributed by atoms with Crippen LogP contribution < -0.4 is 5.73 Å². The molecule has 19 heavy (non-hydrogen) atoms. The van der Waals surface area contributed by atoms with Gasteiger partial charge in [-0.3, -0.25) is 0 Å². The van der Waals surface area contributed by atoms with Gasteiger partial charge in [0, 0.05) is 16.2 Å². The Hall–Kier alpha value is -0.960. The molecule has 0 radical (unpaired) electrons. The minimum atomic E-state index is 0.00173. The molecule has 0 bridgehead atoms. The Morgan fingerprint density at radius 2 is 1.68 bits per heavy atom. The number of rotatable bonds is 4. The Kier molecular flexibility index (Phi) is 4.92. The molecule has 2 unspecified atom stereocenters. The minimum Gasteiger partial charge on any atom is -0.323 e. The predicted octanol–water partition coefficient (Wildman–Crippen LogP) is 4.83. The van der Waals surface area contributed by atoms with E-state index in [1.165, 1.54) is 5.56 Å². The second-order valence-electron chi connectivity index (χ2n) is 4.69. The van der Waals surface area contributed by atoms with E-state index in [9.17, 15) is 0 Å². The highest BCUT2D eigenvalue weighted by atomic mass is 35.5. The topological polar surface area (TPSA) is 26.0 Å². The van der Waals surface area contributed by atoms with E-state index in [4.69, 9.17) is 17.3 Å². The molecular formula is C16H18ClNS. The molecule has 2 atom stereocenters. The molecule has 0 aromatic heterocycles. The molecular weight excluding hydrogens is 274 g/mol. The van der Waals surface area contributed by atoms with Gasteiger partial charge in [-0.2, -0.15) is 0 Å². The van der Waals surface area contributed by atoms with E-state index in [-0.39, 0.29) is 11.3 Å². The summed E-state index contributed by atoms with van der Waals surface area (Å²) >= 11 is 7.90. The first-order valence-electron chi connectivity index (χ1n) is 6.31. The maximum absolute atomic E-state index is 6.32. The van der Waals surface area contributed by atoms with Gasteiger partial charge in [-0.25, -0.2) is 0 Å². The van der Waals surface area contributed by atoms with Gasteiger partial charge in [0.2, 0.25) is 0 Å². The molecule has 2 aromatic carbocycles. The summed E-state index contributed by atoms with van der Waals surface area (Å²) in [5, 5.41) is 1.05. The van der Waals surface area contributed by atoms with E-state index in [2.05, 4.69) is 38.1 Å². The molecule has 2 rings (SSSR count). The lowest BCUT2D eigenvalue weighted by Crippen LogP contribution is -2.21. The van der Waals surface area contributed by atoms with Gasteiger partial charge in [-0.15, -0.1) is 11.8 Å². The van der Waals surface area contributed by atoms with E-state index in [0.717, 1.165) is 15.5 Å². The first-order chi connectivity index (χ1) is 9.08. The monoisotopic (exact) mass is 291 g/mol. The molecule has 0 aliphatic carbocycles. The molecule has 0 saturated heterocycles. The number of nitrogens with two attached hydrogens (primary N) is 1. The summed E-state index contributed by atoms with van der Waals surface area (Å²) in [6, 6.07) is 16.3. The summed E-state index contributed by atoms with van der Waals surface area (Å²) in [5.74, 6) is 0. The summed E-state index contributed by atoms with van der Waals surface area (Å²) in [7, 11) is 0. The van der Waals surface area contributed by atoms with Crippen LogP contribution in [-0.4, -0.2) is 5.25 Å². The fourth-order valence-electron chi connectivity index (χ4n) is 1.87. The zero-order chi connectivity index (χ0) is 13.8. The lowest BCUT2D eigenvalue weighted by molar-refractivity contribution is 0.715. The van der Waals surface area contributed by atoms with Gasteiger partial charge < -0.3 is 5.73 Å². The molecule has 0 aliphatic rings. The van der Waals surface area contributed by atoms with Crippen molar-refractivity contribution in [3.8, 4) is 0 Å². The SMILES string of the molecule is Cc1ccc(C(N)C(C)Sc2ccccc2Cl)cc1. The first-order valence-corrected chi connectivity index (χ1v) is 7.57. The smallest absolute Gasteiger partial charge is 0.0541 e. The first kappa shape index (κ1) is 14.4. The second kappa shape index (κ2) is 6.47. The van der Waals surface area contributed by atoms with Crippen molar-refractivity contribution >= 4 is 23.4 Å². The van der Waals surface area contributed by atoms with Crippen LogP contribution in [0, 0.1) is 6.92 Å². The lowest BCUT2D eigenvalue weighted by atomic mass is 10.0. The summed E-state index contributed by atoms with van der Waals surface area (Å²) < 4.78 is 0. The van der Waals surface area contributed by atoms with Gasteiger partial charge in [0.15, 0.2) is 0 Å². The Morgan fingerprint density at radius 1 is 1.05 bits per heavy atom. The van der Waals surface area contributed by atoms with Crippen molar-refractivity contribution in [3.63, 3.8) is 0 Å². The molecule has 2 N–H and O–H groups in total. The van der Waals surface area contributed by atoms with Gasteiger partial charge in [-0.1, -0.05) is 60.5 Å². The van der Waals surface area contributed by atoms with Crippen molar-refractivity contribution in [2.75, 3.05) is 0 Å². The number of hydrogen-bond acceptors (Lipinski definition) is 2. The number of aryl methyl sites for hydroxylation is 1. The van der Waals surface area contributed by atoms with Gasteiger partial charge >= 0.3 is 0 Å². The van der Waals surface area contributed by atoms with E-state index in [1.807, 2.05) is 24.3 Å². The molecule has 2 aromatic rings. The number of benzene rings is 2. The molecule has 100 valence electrons. The van der Waals surface area contributed by atoms with Crippen LogP contribution in [0.25, 0.3) is 0 Å². The third kappa shape index (κ3) is 3.75. The highest BCUT2D eigenvalue weighted by molar-refractivity contribution is 8.00. The third-order valence-electron chi connectivity index (χ3n) is 3.12. The predicted molar refractivity (Wildman–Crippen MR) is 84.9 cm³/mol. The normalized spacial score (nSPS) is 14.1. The molecule has 0 heterocycles. The summed E-state index contributed by atoms with van der Waals surface area (Å²) in [6.07, 6.45) is 0. The average Bonchev–Trinajstić information content (AvgIpc) is 2.41. The minimum absolute atomic E-state index is 0.00173. The van der Waals surface area contributed by atoms with Crippen LogP contribution >= 0.6 is 23.4 Å². The van der Waals surface area contributed by atoms with Gasteiger partial charge in [0.05, 0.1) is 5.02 Å². The van der Waals surface area contributed by atoms with E-state index in [0.29, 0.717) is 0 Å². The van der Waals surface area contributed by atoms with E-state index in [1.54, 1.807) is 11.8 Å².